The first-order valence-electron chi connectivity index (χ1n) is 10.0. The number of rotatable bonds is 7. The van der Waals surface area contributed by atoms with E-state index in [0.29, 0.717) is 5.02 Å². The Balaban J connectivity index is 1.59. The second-order valence-electron chi connectivity index (χ2n) is 7.17. The number of nitrogens with one attached hydrogen (secondary N) is 1. The lowest BCUT2D eigenvalue weighted by atomic mass is 10.1. The number of halogens is 1. The van der Waals surface area contributed by atoms with Gasteiger partial charge in [-0.2, -0.15) is 0 Å². The van der Waals surface area contributed by atoms with Crippen LogP contribution >= 0.6 is 23.4 Å². The van der Waals surface area contributed by atoms with Crippen molar-refractivity contribution < 1.29 is 9.53 Å². The molecule has 1 amide bonds. The molecule has 4 aromatic rings. The lowest BCUT2D eigenvalue weighted by Gasteiger charge is -2.13. The molecule has 162 valence electrons. The standard InChI is InChI=1S/C25H22ClN3O2S/c1-17-3-9-20(10-4-17)28-24(30)16-32-25-27-15-23(18-5-13-22(31-2)14-6-18)29(25)21-11-7-19(26)8-12-21/h3-15H,16H2,1-2H3,(H,28,30). The lowest BCUT2D eigenvalue weighted by molar-refractivity contribution is -0.113. The van der Waals surface area contributed by atoms with Crippen LogP contribution in [0, 0.1) is 6.92 Å². The minimum atomic E-state index is -0.0875. The molecule has 5 nitrogen and oxygen atoms in total. The molecule has 1 heterocycles. The van der Waals surface area contributed by atoms with Crippen molar-refractivity contribution in [1.29, 1.82) is 0 Å². The molecule has 1 N–H and O–H groups in total. The fourth-order valence-electron chi connectivity index (χ4n) is 3.21. The highest BCUT2D eigenvalue weighted by Gasteiger charge is 2.16. The van der Waals surface area contributed by atoms with Gasteiger partial charge in [-0.25, -0.2) is 4.98 Å². The Hall–Kier alpha value is -3.22. The Bertz CT molecular complexity index is 1200. The van der Waals surface area contributed by atoms with Crippen molar-refractivity contribution in [2.24, 2.45) is 0 Å². The van der Waals surface area contributed by atoms with Gasteiger partial charge in [-0.05, 0) is 67.6 Å². The van der Waals surface area contributed by atoms with Gasteiger partial charge in [0.2, 0.25) is 5.91 Å². The molecule has 7 heteroatoms. The zero-order chi connectivity index (χ0) is 22.5. The van der Waals surface area contributed by atoms with Crippen LogP contribution in [-0.2, 0) is 4.79 Å². The van der Waals surface area contributed by atoms with Crippen molar-refractivity contribution in [3.63, 3.8) is 0 Å². The molecule has 3 aromatic carbocycles. The summed E-state index contributed by atoms with van der Waals surface area (Å²) in [6.45, 7) is 2.01. The average Bonchev–Trinajstić information content (AvgIpc) is 3.24. The summed E-state index contributed by atoms with van der Waals surface area (Å²) in [4.78, 5) is 17.1. The molecule has 0 radical (unpaired) electrons. The highest BCUT2D eigenvalue weighted by atomic mass is 35.5. The van der Waals surface area contributed by atoms with E-state index in [1.807, 2.05) is 90.5 Å². The molecule has 0 aliphatic rings. The van der Waals surface area contributed by atoms with Crippen molar-refractivity contribution in [3.8, 4) is 22.7 Å². The number of thioether (sulfide) groups is 1. The normalized spacial score (nSPS) is 10.7. The van der Waals surface area contributed by atoms with Gasteiger partial charge in [0.05, 0.1) is 24.8 Å². The number of ether oxygens (including phenoxy) is 1. The van der Waals surface area contributed by atoms with Crippen LogP contribution in [0.5, 0.6) is 5.75 Å². The third-order valence-electron chi connectivity index (χ3n) is 4.87. The van der Waals surface area contributed by atoms with Crippen LogP contribution in [0.3, 0.4) is 0 Å². The number of nitrogens with zero attached hydrogens (tertiary/aromatic N) is 2. The topological polar surface area (TPSA) is 56.1 Å². The molecular formula is C25H22ClN3O2S. The van der Waals surface area contributed by atoms with Crippen LogP contribution in [-0.4, -0.2) is 28.3 Å². The number of hydrogen-bond donors (Lipinski definition) is 1. The lowest BCUT2D eigenvalue weighted by Crippen LogP contribution is -2.14. The number of amides is 1. The monoisotopic (exact) mass is 463 g/mol. The zero-order valence-corrected chi connectivity index (χ0v) is 19.3. The van der Waals surface area contributed by atoms with E-state index in [4.69, 9.17) is 16.3 Å². The van der Waals surface area contributed by atoms with E-state index >= 15 is 0 Å². The number of aromatic nitrogens is 2. The molecule has 1 aromatic heterocycles. The predicted molar refractivity (Wildman–Crippen MR) is 131 cm³/mol. The first kappa shape index (κ1) is 22.0. The second-order valence-corrected chi connectivity index (χ2v) is 8.55. The molecule has 0 aliphatic heterocycles. The summed E-state index contributed by atoms with van der Waals surface area (Å²) < 4.78 is 7.30. The predicted octanol–water partition coefficient (Wildman–Crippen LogP) is 6.24. The van der Waals surface area contributed by atoms with Crippen molar-refractivity contribution in [2.75, 3.05) is 18.2 Å². The maximum atomic E-state index is 12.5. The van der Waals surface area contributed by atoms with Gasteiger partial charge >= 0.3 is 0 Å². The average molecular weight is 464 g/mol. The van der Waals surface area contributed by atoms with Gasteiger partial charge in [0.15, 0.2) is 5.16 Å². The molecule has 32 heavy (non-hydrogen) atoms. The second kappa shape index (κ2) is 9.94. The Morgan fingerprint density at radius 1 is 1.03 bits per heavy atom. The van der Waals surface area contributed by atoms with Crippen LogP contribution < -0.4 is 10.1 Å². The van der Waals surface area contributed by atoms with Crippen LogP contribution in [0.25, 0.3) is 16.9 Å². The molecule has 0 unspecified atom stereocenters. The van der Waals surface area contributed by atoms with Gasteiger partial charge in [0, 0.05) is 22.0 Å². The Morgan fingerprint density at radius 3 is 2.38 bits per heavy atom. The van der Waals surface area contributed by atoms with E-state index in [1.54, 1.807) is 7.11 Å². The molecule has 4 rings (SSSR count). The minimum absolute atomic E-state index is 0.0875. The Kier molecular flexibility index (Phi) is 6.83. The summed E-state index contributed by atoms with van der Waals surface area (Å²) in [6, 6.07) is 23.1. The summed E-state index contributed by atoms with van der Waals surface area (Å²) in [5, 5.41) is 4.31. The van der Waals surface area contributed by atoms with Crippen LogP contribution in [0.15, 0.2) is 84.1 Å². The SMILES string of the molecule is COc1ccc(-c2cnc(SCC(=O)Nc3ccc(C)cc3)n2-c2ccc(Cl)cc2)cc1. The van der Waals surface area contributed by atoms with Crippen LogP contribution in [0.1, 0.15) is 5.56 Å². The number of aryl methyl sites for hydroxylation is 1. The van der Waals surface area contributed by atoms with Crippen molar-refractivity contribution in [3.05, 3.63) is 89.6 Å². The molecule has 0 aliphatic carbocycles. The van der Waals surface area contributed by atoms with Gasteiger partial charge in [-0.1, -0.05) is 41.1 Å². The largest absolute Gasteiger partial charge is 0.497 e. The summed E-state index contributed by atoms with van der Waals surface area (Å²) in [6.07, 6.45) is 1.82. The maximum absolute atomic E-state index is 12.5. The summed E-state index contributed by atoms with van der Waals surface area (Å²) >= 11 is 7.48. The summed E-state index contributed by atoms with van der Waals surface area (Å²) in [5.74, 6) is 0.935. The molecule has 0 atom stereocenters. The van der Waals surface area contributed by atoms with Crippen LogP contribution in [0.2, 0.25) is 5.02 Å². The van der Waals surface area contributed by atoms with Gasteiger partial charge in [0.25, 0.3) is 0 Å². The smallest absolute Gasteiger partial charge is 0.234 e. The highest BCUT2D eigenvalue weighted by molar-refractivity contribution is 7.99. The Morgan fingerprint density at radius 2 is 1.72 bits per heavy atom. The van der Waals surface area contributed by atoms with E-state index < -0.39 is 0 Å². The van der Waals surface area contributed by atoms with Gasteiger partial charge in [-0.15, -0.1) is 0 Å². The molecule has 0 bridgehead atoms. The van der Waals surface area contributed by atoms with E-state index in [1.165, 1.54) is 11.8 Å². The van der Waals surface area contributed by atoms with Gasteiger partial charge in [-0.3, -0.25) is 9.36 Å². The molecule has 0 saturated carbocycles. The molecule has 0 spiro atoms. The number of methoxy groups -OCH3 is 1. The van der Waals surface area contributed by atoms with Crippen molar-refractivity contribution in [1.82, 2.24) is 9.55 Å². The number of benzene rings is 3. The minimum Gasteiger partial charge on any atom is -0.497 e. The first-order chi connectivity index (χ1) is 15.5. The third kappa shape index (κ3) is 5.15. The fraction of sp³-hybridized carbons (Fsp3) is 0.120. The first-order valence-corrected chi connectivity index (χ1v) is 11.4. The number of hydrogen-bond acceptors (Lipinski definition) is 4. The van der Waals surface area contributed by atoms with Crippen LogP contribution in [0.4, 0.5) is 5.69 Å². The van der Waals surface area contributed by atoms with E-state index in [2.05, 4.69) is 10.3 Å². The summed E-state index contributed by atoms with van der Waals surface area (Å²) in [5.41, 5.74) is 4.74. The van der Waals surface area contributed by atoms with E-state index in [-0.39, 0.29) is 11.7 Å². The molecule has 0 fully saturated rings. The van der Waals surface area contributed by atoms with Gasteiger partial charge in [0.1, 0.15) is 5.75 Å². The number of carbonyl (C=O) groups is 1. The highest BCUT2D eigenvalue weighted by Crippen LogP contribution is 2.31. The van der Waals surface area contributed by atoms with Gasteiger partial charge < -0.3 is 10.1 Å². The maximum Gasteiger partial charge on any atom is 0.234 e. The van der Waals surface area contributed by atoms with E-state index in [0.717, 1.165) is 39.1 Å². The fourth-order valence-corrected chi connectivity index (χ4v) is 4.12. The van der Waals surface area contributed by atoms with Crippen molar-refractivity contribution >= 4 is 35.0 Å². The number of imidazole rings is 1. The Labute approximate surface area is 196 Å². The van der Waals surface area contributed by atoms with E-state index in [9.17, 15) is 4.79 Å². The molecular weight excluding hydrogens is 442 g/mol. The zero-order valence-electron chi connectivity index (χ0n) is 17.7. The number of carbonyl (C=O) groups excluding carboxylic acids is 1. The number of anilines is 1. The van der Waals surface area contributed by atoms with Crippen molar-refractivity contribution in [2.45, 2.75) is 12.1 Å². The quantitative estimate of drug-likeness (QED) is 0.329. The summed E-state index contributed by atoms with van der Waals surface area (Å²) in [7, 11) is 1.64. The third-order valence-corrected chi connectivity index (χ3v) is 6.07. The molecule has 0 saturated heterocycles.